The van der Waals surface area contributed by atoms with Crippen molar-refractivity contribution in [3.05, 3.63) is 23.8 Å². The van der Waals surface area contributed by atoms with Crippen LogP contribution in [0.4, 0.5) is 0 Å². The molecule has 0 saturated heterocycles. The molecular formula is C18H24O3. The average molecular weight is 288 g/mol. The molecule has 4 aliphatic rings. The Bertz CT molecular complexity index is 535. The van der Waals surface area contributed by atoms with Crippen LogP contribution in [0.15, 0.2) is 23.8 Å². The minimum absolute atomic E-state index is 0.125. The average Bonchev–Trinajstić information content (AvgIpc) is 2.70. The van der Waals surface area contributed by atoms with Gasteiger partial charge in [0.1, 0.15) is 0 Å². The second-order valence-electron chi connectivity index (χ2n) is 7.77. The molecule has 4 aliphatic carbocycles. The van der Waals surface area contributed by atoms with Crippen LogP contribution in [0.5, 0.6) is 0 Å². The first-order valence-electron chi connectivity index (χ1n) is 8.27. The monoisotopic (exact) mass is 288 g/mol. The molecule has 2 fully saturated rings. The van der Waals surface area contributed by atoms with Crippen LogP contribution in [0.3, 0.4) is 0 Å². The number of rotatable bonds is 0. The summed E-state index contributed by atoms with van der Waals surface area (Å²) in [4.78, 5) is 11.6. The molecule has 4 rings (SSSR count). The minimum atomic E-state index is -0.572. The predicted molar refractivity (Wildman–Crippen MR) is 79.4 cm³/mol. The molecule has 0 unspecified atom stereocenters. The van der Waals surface area contributed by atoms with Crippen molar-refractivity contribution in [1.29, 1.82) is 0 Å². The summed E-state index contributed by atoms with van der Waals surface area (Å²) >= 11 is 0. The minimum Gasteiger partial charge on any atom is -0.390 e. The summed E-state index contributed by atoms with van der Waals surface area (Å²) in [6.45, 7) is 2.16. The fourth-order valence-electron chi connectivity index (χ4n) is 5.72. The lowest BCUT2D eigenvalue weighted by Crippen LogP contribution is -2.47. The summed E-state index contributed by atoms with van der Waals surface area (Å²) in [5, 5.41) is 20.5. The molecule has 0 radical (unpaired) electrons. The molecule has 0 spiro atoms. The fourth-order valence-corrected chi connectivity index (χ4v) is 5.72. The maximum atomic E-state index is 11.6. The third-order valence-electron chi connectivity index (χ3n) is 6.88. The summed E-state index contributed by atoms with van der Waals surface area (Å²) < 4.78 is 0. The Morgan fingerprint density at radius 2 is 2.10 bits per heavy atom. The van der Waals surface area contributed by atoms with Gasteiger partial charge in [0.25, 0.3) is 0 Å². The van der Waals surface area contributed by atoms with E-state index in [0.717, 1.165) is 25.7 Å². The van der Waals surface area contributed by atoms with Crippen LogP contribution in [-0.4, -0.2) is 28.2 Å². The molecule has 7 atom stereocenters. The number of hydrogen-bond acceptors (Lipinski definition) is 3. The number of aliphatic hydroxyl groups is 2. The van der Waals surface area contributed by atoms with E-state index in [4.69, 9.17) is 0 Å². The van der Waals surface area contributed by atoms with E-state index >= 15 is 0 Å². The number of aliphatic hydroxyl groups excluding tert-OH is 2. The van der Waals surface area contributed by atoms with Gasteiger partial charge in [0.05, 0.1) is 12.2 Å². The van der Waals surface area contributed by atoms with E-state index < -0.39 is 12.2 Å². The van der Waals surface area contributed by atoms with Crippen molar-refractivity contribution >= 4 is 5.78 Å². The molecule has 3 nitrogen and oxygen atoms in total. The molecule has 114 valence electrons. The Kier molecular flexibility index (Phi) is 2.96. The van der Waals surface area contributed by atoms with Gasteiger partial charge in [-0.15, -0.1) is 0 Å². The van der Waals surface area contributed by atoms with E-state index in [1.165, 1.54) is 5.57 Å². The van der Waals surface area contributed by atoms with Crippen molar-refractivity contribution in [2.45, 2.75) is 51.2 Å². The largest absolute Gasteiger partial charge is 0.390 e. The van der Waals surface area contributed by atoms with Gasteiger partial charge in [0.2, 0.25) is 0 Å². The Balaban J connectivity index is 1.67. The molecule has 2 N–H and O–H groups in total. The van der Waals surface area contributed by atoms with Crippen LogP contribution in [0, 0.1) is 29.1 Å². The first kappa shape index (κ1) is 13.7. The zero-order valence-corrected chi connectivity index (χ0v) is 12.5. The van der Waals surface area contributed by atoms with Crippen molar-refractivity contribution in [1.82, 2.24) is 0 Å². The van der Waals surface area contributed by atoms with Gasteiger partial charge >= 0.3 is 0 Å². The highest BCUT2D eigenvalue weighted by Crippen LogP contribution is 2.60. The summed E-state index contributed by atoms with van der Waals surface area (Å²) in [5.74, 6) is 2.18. The predicted octanol–water partition coefficient (Wildman–Crippen LogP) is 2.24. The van der Waals surface area contributed by atoms with Crippen LogP contribution in [0.25, 0.3) is 0 Å². The summed E-state index contributed by atoms with van der Waals surface area (Å²) in [7, 11) is 0. The molecule has 0 aromatic heterocycles. The third-order valence-corrected chi connectivity index (χ3v) is 6.88. The van der Waals surface area contributed by atoms with Gasteiger partial charge < -0.3 is 10.2 Å². The number of hydrogen-bond donors (Lipinski definition) is 2. The highest BCUT2D eigenvalue weighted by molar-refractivity contribution is 5.93. The molecule has 21 heavy (non-hydrogen) atoms. The lowest BCUT2D eigenvalue weighted by Gasteiger charge is -2.51. The van der Waals surface area contributed by atoms with Gasteiger partial charge in [-0.3, -0.25) is 4.79 Å². The smallest absolute Gasteiger partial charge is 0.159 e. The second-order valence-corrected chi connectivity index (χ2v) is 7.77. The maximum absolute atomic E-state index is 11.6. The summed E-state index contributed by atoms with van der Waals surface area (Å²) in [6.07, 6.45) is 9.44. The van der Waals surface area contributed by atoms with Crippen LogP contribution in [-0.2, 0) is 4.79 Å². The maximum Gasteiger partial charge on any atom is 0.159 e. The Morgan fingerprint density at radius 3 is 2.90 bits per heavy atom. The zero-order chi connectivity index (χ0) is 14.8. The molecule has 0 heterocycles. The number of allylic oxidation sites excluding steroid dienone is 4. The number of carbonyl (C=O) groups excluding carboxylic acids is 1. The van der Waals surface area contributed by atoms with E-state index in [-0.39, 0.29) is 11.2 Å². The van der Waals surface area contributed by atoms with Gasteiger partial charge in [0.15, 0.2) is 5.78 Å². The summed E-state index contributed by atoms with van der Waals surface area (Å²) in [5.41, 5.74) is 1.19. The highest BCUT2D eigenvalue weighted by atomic mass is 16.3. The molecule has 2 saturated carbocycles. The van der Waals surface area contributed by atoms with E-state index in [1.807, 2.05) is 0 Å². The molecule has 0 aromatic rings. The topological polar surface area (TPSA) is 57.5 Å². The Labute approximate surface area is 125 Å². The van der Waals surface area contributed by atoms with Crippen molar-refractivity contribution in [2.75, 3.05) is 0 Å². The molecule has 0 bridgehead atoms. The van der Waals surface area contributed by atoms with Gasteiger partial charge in [-0.25, -0.2) is 0 Å². The standard InChI is InChI=1S/C18H24O3/c1-18-7-6-13-12-5-3-11(19)8-10(12)2-4-14(13)15(18)9-16(20)17(18)21/h2-3,5,12-17,20-21H,4,6-9H2,1H3/t12-,13+,14+,15-,16-,17+,18-/m0/s1. The second kappa shape index (κ2) is 4.53. The lowest BCUT2D eigenvalue weighted by molar-refractivity contribution is -0.114. The van der Waals surface area contributed by atoms with E-state index in [0.29, 0.717) is 30.1 Å². The summed E-state index contributed by atoms with van der Waals surface area (Å²) in [6, 6.07) is 0. The van der Waals surface area contributed by atoms with E-state index in [2.05, 4.69) is 19.1 Å². The first-order chi connectivity index (χ1) is 10.0. The number of carbonyl (C=O) groups is 1. The number of ketones is 1. The van der Waals surface area contributed by atoms with Gasteiger partial charge in [-0.2, -0.15) is 0 Å². The van der Waals surface area contributed by atoms with E-state index in [9.17, 15) is 15.0 Å². The number of fused-ring (bicyclic) bond motifs is 5. The van der Waals surface area contributed by atoms with Crippen molar-refractivity contribution in [2.24, 2.45) is 29.1 Å². The first-order valence-corrected chi connectivity index (χ1v) is 8.27. The SMILES string of the molecule is C[C@]12CC[C@H]3[C@@H](CC=C4CC(=O)C=C[C@@H]43)[C@@H]1C[C@H](O)[C@H]2O. The zero-order valence-electron chi connectivity index (χ0n) is 12.5. The normalized spacial score (nSPS) is 52.0. The Morgan fingerprint density at radius 1 is 1.29 bits per heavy atom. The van der Waals surface area contributed by atoms with Crippen LogP contribution in [0.2, 0.25) is 0 Å². The quantitative estimate of drug-likeness (QED) is 0.672. The van der Waals surface area contributed by atoms with Crippen molar-refractivity contribution in [3.8, 4) is 0 Å². The van der Waals surface area contributed by atoms with Crippen LogP contribution in [0.1, 0.15) is 39.0 Å². The molecular weight excluding hydrogens is 264 g/mol. The van der Waals surface area contributed by atoms with Crippen molar-refractivity contribution in [3.63, 3.8) is 0 Å². The van der Waals surface area contributed by atoms with Crippen LogP contribution >= 0.6 is 0 Å². The fraction of sp³-hybridized carbons (Fsp3) is 0.722. The van der Waals surface area contributed by atoms with Gasteiger partial charge in [-0.05, 0) is 54.9 Å². The van der Waals surface area contributed by atoms with E-state index in [1.54, 1.807) is 6.08 Å². The molecule has 3 heteroatoms. The molecule has 0 aliphatic heterocycles. The highest BCUT2D eigenvalue weighted by Gasteiger charge is 2.58. The molecule has 0 aromatic carbocycles. The lowest BCUT2D eigenvalue weighted by atomic mass is 9.53. The van der Waals surface area contributed by atoms with Gasteiger partial charge in [-0.1, -0.05) is 24.6 Å². The van der Waals surface area contributed by atoms with Crippen LogP contribution < -0.4 is 0 Å². The Hall–Kier alpha value is -0.930. The third kappa shape index (κ3) is 1.83. The van der Waals surface area contributed by atoms with Gasteiger partial charge in [0, 0.05) is 12.3 Å². The van der Waals surface area contributed by atoms with Crippen molar-refractivity contribution < 1.29 is 15.0 Å². The molecule has 0 amide bonds.